The monoisotopic (exact) mass is 392 g/mol. The smallest absolute Gasteiger partial charge is 0.273 e. The van der Waals surface area contributed by atoms with Gasteiger partial charge in [0.05, 0.1) is 23.0 Å². The Labute approximate surface area is 167 Å². The van der Waals surface area contributed by atoms with Crippen molar-refractivity contribution in [2.75, 3.05) is 5.32 Å². The van der Waals surface area contributed by atoms with Crippen molar-refractivity contribution in [3.63, 3.8) is 0 Å². The van der Waals surface area contributed by atoms with Gasteiger partial charge in [-0.2, -0.15) is 5.10 Å². The van der Waals surface area contributed by atoms with E-state index in [0.717, 1.165) is 11.1 Å². The zero-order chi connectivity index (χ0) is 19.9. The lowest BCUT2D eigenvalue weighted by atomic mass is 10.1. The van der Waals surface area contributed by atoms with Crippen molar-refractivity contribution in [2.24, 2.45) is 5.10 Å². The molecule has 0 atom stereocenters. The van der Waals surface area contributed by atoms with Gasteiger partial charge in [0.25, 0.3) is 11.8 Å². The number of rotatable bonds is 5. The largest absolute Gasteiger partial charge is 0.321 e. The van der Waals surface area contributed by atoms with Gasteiger partial charge >= 0.3 is 0 Å². The van der Waals surface area contributed by atoms with Crippen molar-refractivity contribution in [2.45, 2.75) is 6.92 Å². The summed E-state index contributed by atoms with van der Waals surface area (Å²) < 4.78 is 0. The van der Waals surface area contributed by atoms with Gasteiger partial charge in [0.15, 0.2) is 0 Å². The number of hydrogen-bond donors (Lipinski definition) is 2. The number of anilines is 1. The lowest BCUT2D eigenvalue weighted by molar-refractivity contribution is 0.0956. The van der Waals surface area contributed by atoms with Crippen LogP contribution in [0.1, 0.15) is 31.8 Å². The fourth-order valence-corrected chi connectivity index (χ4v) is 2.56. The molecule has 1 heterocycles. The lowest BCUT2D eigenvalue weighted by Gasteiger charge is -2.10. The van der Waals surface area contributed by atoms with E-state index in [4.69, 9.17) is 11.6 Å². The van der Waals surface area contributed by atoms with E-state index in [1.165, 1.54) is 18.5 Å². The number of aryl methyl sites for hydroxylation is 1. The molecule has 0 unspecified atom stereocenters. The van der Waals surface area contributed by atoms with Gasteiger partial charge in [0.2, 0.25) is 0 Å². The third kappa shape index (κ3) is 5.02. The Balaban J connectivity index is 1.75. The summed E-state index contributed by atoms with van der Waals surface area (Å²) in [7, 11) is 0. The van der Waals surface area contributed by atoms with Crippen LogP contribution in [-0.2, 0) is 0 Å². The van der Waals surface area contributed by atoms with Crippen LogP contribution in [0.5, 0.6) is 0 Å². The first kappa shape index (κ1) is 19.3. The summed E-state index contributed by atoms with van der Waals surface area (Å²) >= 11 is 6.02. The quantitative estimate of drug-likeness (QED) is 0.507. The molecule has 0 aliphatic rings. The Morgan fingerprint density at radius 1 is 1.07 bits per heavy atom. The minimum Gasteiger partial charge on any atom is -0.321 e. The molecule has 0 radical (unpaired) electrons. The molecular formula is C21H17ClN4O2. The molecule has 6 nitrogen and oxygen atoms in total. The number of benzene rings is 2. The number of nitrogens with one attached hydrogen (secondary N) is 2. The molecule has 3 rings (SSSR count). The van der Waals surface area contributed by atoms with E-state index in [1.807, 2.05) is 31.2 Å². The Hall–Kier alpha value is -3.51. The van der Waals surface area contributed by atoms with Crippen molar-refractivity contribution in [1.29, 1.82) is 0 Å². The maximum absolute atomic E-state index is 12.5. The summed E-state index contributed by atoms with van der Waals surface area (Å²) in [6.07, 6.45) is 4.55. The Morgan fingerprint density at radius 2 is 1.86 bits per heavy atom. The van der Waals surface area contributed by atoms with Crippen LogP contribution in [-0.4, -0.2) is 23.0 Å². The van der Waals surface area contributed by atoms with Gasteiger partial charge in [-0.25, -0.2) is 5.43 Å². The number of pyridine rings is 1. The van der Waals surface area contributed by atoms with E-state index in [0.29, 0.717) is 16.3 Å². The van der Waals surface area contributed by atoms with Gasteiger partial charge in [0.1, 0.15) is 0 Å². The standard InChI is InChI=1S/C21H17ClN4O2/c1-14-4-6-15(7-5-14)12-24-26-21(28)18-11-17(22)8-9-19(18)25-20(27)16-3-2-10-23-13-16/h2-13H,1H3,(H,25,27)(H,26,28)/b24-12+. The fourth-order valence-electron chi connectivity index (χ4n) is 2.38. The first-order valence-corrected chi connectivity index (χ1v) is 8.82. The summed E-state index contributed by atoms with van der Waals surface area (Å²) in [6, 6.07) is 15.6. The number of nitrogens with zero attached hydrogens (tertiary/aromatic N) is 2. The van der Waals surface area contributed by atoms with E-state index in [1.54, 1.807) is 30.5 Å². The highest BCUT2D eigenvalue weighted by molar-refractivity contribution is 6.31. The molecule has 140 valence electrons. The van der Waals surface area contributed by atoms with Crippen LogP contribution in [0.2, 0.25) is 5.02 Å². The van der Waals surface area contributed by atoms with Crippen LogP contribution in [0.3, 0.4) is 0 Å². The highest BCUT2D eigenvalue weighted by Gasteiger charge is 2.15. The molecule has 28 heavy (non-hydrogen) atoms. The van der Waals surface area contributed by atoms with Gasteiger partial charge in [-0.15, -0.1) is 0 Å². The molecular weight excluding hydrogens is 376 g/mol. The van der Waals surface area contributed by atoms with Crippen LogP contribution >= 0.6 is 11.6 Å². The molecule has 7 heteroatoms. The van der Waals surface area contributed by atoms with Crippen LogP contribution in [0.15, 0.2) is 72.1 Å². The number of carbonyl (C=O) groups is 2. The highest BCUT2D eigenvalue weighted by atomic mass is 35.5. The highest BCUT2D eigenvalue weighted by Crippen LogP contribution is 2.21. The third-order valence-corrected chi connectivity index (χ3v) is 4.09. The second-order valence-electron chi connectivity index (χ2n) is 6.00. The van der Waals surface area contributed by atoms with E-state index in [-0.39, 0.29) is 11.5 Å². The first-order chi connectivity index (χ1) is 13.5. The van der Waals surface area contributed by atoms with Crippen LogP contribution in [0.4, 0.5) is 5.69 Å². The average Bonchev–Trinajstić information content (AvgIpc) is 2.71. The fraction of sp³-hybridized carbons (Fsp3) is 0.0476. The van der Waals surface area contributed by atoms with Gasteiger partial charge in [-0.1, -0.05) is 41.4 Å². The molecule has 0 spiro atoms. The minimum absolute atomic E-state index is 0.200. The summed E-state index contributed by atoms with van der Waals surface area (Å²) in [4.78, 5) is 28.8. The minimum atomic E-state index is -0.493. The second-order valence-corrected chi connectivity index (χ2v) is 6.43. The molecule has 0 saturated heterocycles. The Kier molecular flexibility index (Phi) is 6.14. The third-order valence-electron chi connectivity index (χ3n) is 3.86. The van der Waals surface area contributed by atoms with Gasteiger partial charge in [-0.05, 0) is 42.8 Å². The molecule has 2 N–H and O–H groups in total. The topological polar surface area (TPSA) is 83.5 Å². The van der Waals surface area contributed by atoms with Gasteiger partial charge in [0, 0.05) is 17.4 Å². The van der Waals surface area contributed by atoms with Crippen molar-refractivity contribution < 1.29 is 9.59 Å². The number of hydrogen-bond acceptors (Lipinski definition) is 4. The molecule has 0 saturated carbocycles. The SMILES string of the molecule is Cc1ccc(/C=N/NC(=O)c2cc(Cl)ccc2NC(=O)c2cccnc2)cc1. The summed E-state index contributed by atoms with van der Waals surface area (Å²) in [5.74, 6) is -0.875. The van der Waals surface area contributed by atoms with Crippen LogP contribution in [0, 0.1) is 6.92 Å². The van der Waals surface area contributed by atoms with E-state index in [9.17, 15) is 9.59 Å². The Morgan fingerprint density at radius 3 is 2.57 bits per heavy atom. The summed E-state index contributed by atoms with van der Waals surface area (Å²) in [5, 5.41) is 7.03. The van der Waals surface area contributed by atoms with Crippen LogP contribution < -0.4 is 10.7 Å². The summed E-state index contributed by atoms with van der Waals surface area (Å²) in [6.45, 7) is 1.99. The molecule has 3 aromatic rings. The van der Waals surface area contributed by atoms with E-state index >= 15 is 0 Å². The number of hydrazone groups is 1. The predicted octanol–water partition coefficient (Wildman–Crippen LogP) is 4.06. The van der Waals surface area contributed by atoms with Crippen molar-refractivity contribution >= 4 is 35.3 Å². The maximum Gasteiger partial charge on any atom is 0.273 e. The number of halogens is 1. The first-order valence-electron chi connectivity index (χ1n) is 8.44. The lowest BCUT2D eigenvalue weighted by Crippen LogP contribution is -2.21. The summed E-state index contributed by atoms with van der Waals surface area (Å²) in [5.41, 5.74) is 5.33. The number of carbonyl (C=O) groups excluding carboxylic acids is 2. The van der Waals surface area contributed by atoms with E-state index in [2.05, 4.69) is 20.8 Å². The molecule has 2 amide bonds. The van der Waals surface area contributed by atoms with Gasteiger partial charge in [-0.3, -0.25) is 14.6 Å². The predicted molar refractivity (Wildman–Crippen MR) is 110 cm³/mol. The zero-order valence-corrected chi connectivity index (χ0v) is 15.8. The number of aromatic nitrogens is 1. The second kappa shape index (κ2) is 8.92. The zero-order valence-electron chi connectivity index (χ0n) is 15.0. The number of amides is 2. The van der Waals surface area contributed by atoms with Crippen molar-refractivity contribution in [1.82, 2.24) is 10.4 Å². The molecule has 1 aromatic heterocycles. The normalized spacial score (nSPS) is 10.6. The van der Waals surface area contributed by atoms with Crippen LogP contribution in [0.25, 0.3) is 0 Å². The van der Waals surface area contributed by atoms with Crippen molar-refractivity contribution in [3.05, 3.63) is 94.3 Å². The van der Waals surface area contributed by atoms with E-state index < -0.39 is 5.91 Å². The maximum atomic E-state index is 12.5. The Bertz CT molecular complexity index is 1020. The van der Waals surface area contributed by atoms with Crippen molar-refractivity contribution in [3.8, 4) is 0 Å². The molecule has 0 aliphatic carbocycles. The van der Waals surface area contributed by atoms with Gasteiger partial charge < -0.3 is 5.32 Å². The molecule has 0 bridgehead atoms. The molecule has 0 fully saturated rings. The average molecular weight is 393 g/mol. The molecule has 2 aromatic carbocycles. The molecule has 0 aliphatic heterocycles.